The molecule has 5 nitrogen and oxygen atoms in total. The fourth-order valence-corrected chi connectivity index (χ4v) is 3.19. The smallest absolute Gasteiger partial charge is 0.161 e. The predicted molar refractivity (Wildman–Crippen MR) is 91.1 cm³/mol. The summed E-state index contributed by atoms with van der Waals surface area (Å²) in [5.41, 5.74) is 1.55. The van der Waals surface area contributed by atoms with Crippen LogP contribution in [0.1, 0.15) is 30.4 Å². The minimum absolute atomic E-state index is 0.262. The van der Waals surface area contributed by atoms with Gasteiger partial charge in [0.1, 0.15) is 5.82 Å². The first kappa shape index (κ1) is 16.2. The maximum Gasteiger partial charge on any atom is 0.161 e. The van der Waals surface area contributed by atoms with Crippen LogP contribution < -0.4 is 0 Å². The molecule has 3 heterocycles. The average molecular weight is 365 g/mol. The number of aromatic nitrogens is 4. The van der Waals surface area contributed by atoms with Gasteiger partial charge >= 0.3 is 0 Å². The van der Waals surface area contributed by atoms with Crippen LogP contribution in [-0.4, -0.2) is 33.0 Å². The summed E-state index contributed by atoms with van der Waals surface area (Å²) in [7, 11) is 0. The van der Waals surface area contributed by atoms with Gasteiger partial charge in [0.25, 0.3) is 0 Å². The van der Waals surface area contributed by atoms with Crippen LogP contribution in [0.15, 0.2) is 24.4 Å². The van der Waals surface area contributed by atoms with E-state index >= 15 is 0 Å². The number of halogens is 3. The van der Waals surface area contributed by atoms with Crippen molar-refractivity contribution in [3.05, 3.63) is 47.5 Å². The van der Waals surface area contributed by atoms with Gasteiger partial charge < -0.3 is 9.72 Å². The third-order valence-electron chi connectivity index (χ3n) is 4.26. The van der Waals surface area contributed by atoms with Crippen molar-refractivity contribution in [1.82, 2.24) is 19.7 Å². The Kier molecular flexibility index (Phi) is 4.27. The number of imidazole rings is 1. The Bertz CT molecular complexity index is 904. The first-order valence-electron chi connectivity index (χ1n) is 7.95. The van der Waals surface area contributed by atoms with Crippen LogP contribution in [0.3, 0.4) is 0 Å². The second-order valence-corrected chi connectivity index (χ2v) is 6.31. The van der Waals surface area contributed by atoms with E-state index < -0.39 is 11.6 Å². The minimum atomic E-state index is -0.941. The number of hydrogen-bond acceptors (Lipinski definition) is 3. The number of H-pyrrole nitrogens is 1. The van der Waals surface area contributed by atoms with Gasteiger partial charge in [-0.3, -0.25) is 4.68 Å². The topological polar surface area (TPSA) is 55.7 Å². The molecule has 2 aromatic heterocycles. The van der Waals surface area contributed by atoms with Crippen molar-refractivity contribution >= 4 is 33.7 Å². The van der Waals surface area contributed by atoms with E-state index in [2.05, 4.69) is 15.1 Å². The van der Waals surface area contributed by atoms with Crippen molar-refractivity contribution in [3.8, 4) is 0 Å². The predicted octanol–water partition coefficient (Wildman–Crippen LogP) is 4.13. The number of aromatic amines is 1. The number of rotatable bonds is 3. The molecular formula is C17H15ClF2N4O. The van der Waals surface area contributed by atoms with E-state index in [1.54, 1.807) is 12.3 Å². The van der Waals surface area contributed by atoms with Crippen molar-refractivity contribution in [1.29, 1.82) is 0 Å². The number of fused-ring (bicyclic) bond motifs is 1. The lowest BCUT2D eigenvalue weighted by Crippen LogP contribution is -2.21. The van der Waals surface area contributed by atoms with Crippen molar-refractivity contribution in [3.63, 3.8) is 0 Å². The van der Waals surface area contributed by atoms with E-state index in [-0.39, 0.29) is 6.04 Å². The molecular weight excluding hydrogens is 350 g/mol. The first-order chi connectivity index (χ1) is 12.1. The van der Waals surface area contributed by atoms with E-state index in [1.165, 1.54) is 0 Å². The molecule has 4 rings (SSSR count). The summed E-state index contributed by atoms with van der Waals surface area (Å²) in [5.74, 6) is -1.52. The quantitative estimate of drug-likeness (QED) is 0.760. The molecule has 0 spiro atoms. The zero-order valence-corrected chi connectivity index (χ0v) is 13.9. The highest BCUT2D eigenvalue weighted by Crippen LogP contribution is 2.27. The summed E-state index contributed by atoms with van der Waals surface area (Å²) in [6.45, 7) is 1.42. The fourth-order valence-electron chi connectivity index (χ4n) is 2.99. The lowest BCUT2D eigenvalue weighted by Gasteiger charge is -2.23. The Labute approximate surface area is 147 Å². The molecule has 1 aromatic carbocycles. The first-order valence-corrected chi connectivity index (χ1v) is 8.33. The number of hydrogen-bond donors (Lipinski definition) is 1. The van der Waals surface area contributed by atoms with E-state index in [0.29, 0.717) is 35.1 Å². The lowest BCUT2D eigenvalue weighted by atomic mass is 10.1. The molecule has 1 N–H and O–H groups in total. The highest BCUT2D eigenvalue weighted by Gasteiger charge is 2.18. The zero-order chi connectivity index (χ0) is 17.4. The molecule has 0 radical (unpaired) electrons. The van der Waals surface area contributed by atoms with Crippen molar-refractivity contribution in [2.75, 3.05) is 13.2 Å². The van der Waals surface area contributed by atoms with Gasteiger partial charge in [-0.25, -0.2) is 13.8 Å². The number of nitrogens with zero attached hydrogens (tertiary/aromatic N) is 3. The van der Waals surface area contributed by atoms with E-state index in [1.807, 2.05) is 10.7 Å². The molecule has 3 aromatic rings. The highest BCUT2D eigenvalue weighted by atomic mass is 35.5. The van der Waals surface area contributed by atoms with Crippen LogP contribution in [0.4, 0.5) is 8.78 Å². The lowest BCUT2D eigenvalue weighted by molar-refractivity contribution is 0.0661. The molecule has 1 aliphatic rings. The third kappa shape index (κ3) is 3.17. The largest absolute Gasteiger partial charge is 0.381 e. The van der Waals surface area contributed by atoms with E-state index in [4.69, 9.17) is 16.3 Å². The van der Waals surface area contributed by atoms with Gasteiger partial charge in [-0.05, 0) is 25.0 Å². The molecule has 0 aliphatic carbocycles. The molecule has 0 saturated carbocycles. The van der Waals surface area contributed by atoms with Crippen LogP contribution in [0.2, 0.25) is 0 Å². The minimum Gasteiger partial charge on any atom is -0.381 e. The van der Waals surface area contributed by atoms with Crippen molar-refractivity contribution in [2.24, 2.45) is 0 Å². The molecule has 0 atom stereocenters. The standard InChI is InChI=1S/C17H15ClF2N4O/c18-12(17-22-15-8-13(19)14(20)9-16(15)23-17)7-11-1-4-21-24(11)10-2-5-25-6-3-10/h1,4,7-10H,2-3,5-6H2,(H,22,23)/b12-7-. The number of nitrogens with one attached hydrogen (secondary N) is 1. The molecule has 130 valence electrons. The Morgan fingerprint density at radius 3 is 2.84 bits per heavy atom. The maximum absolute atomic E-state index is 13.3. The average Bonchev–Trinajstić information content (AvgIpc) is 3.23. The van der Waals surface area contributed by atoms with Gasteiger partial charge in [0.15, 0.2) is 11.6 Å². The van der Waals surface area contributed by atoms with Crippen LogP contribution >= 0.6 is 11.6 Å². The second-order valence-electron chi connectivity index (χ2n) is 5.91. The Hall–Kier alpha value is -2.25. The SMILES string of the molecule is Fc1cc2nc(/C(Cl)=C/c3ccnn3C3CCOCC3)[nH]c2cc1F. The molecule has 0 unspecified atom stereocenters. The van der Waals surface area contributed by atoms with Crippen LogP contribution in [0.25, 0.3) is 22.1 Å². The summed E-state index contributed by atoms with van der Waals surface area (Å²) < 4.78 is 34.0. The van der Waals surface area contributed by atoms with Gasteiger partial charge in [0.05, 0.1) is 27.8 Å². The molecule has 0 amide bonds. The van der Waals surface area contributed by atoms with Gasteiger partial charge in [0.2, 0.25) is 0 Å². The number of benzene rings is 1. The van der Waals surface area contributed by atoms with Gasteiger partial charge in [-0.2, -0.15) is 5.10 Å². The Balaban J connectivity index is 1.67. The molecule has 1 saturated heterocycles. The molecule has 8 heteroatoms. The molecule has 1 aliphatic heterocycles. The molecule has 25 heavy (non-hydrogen) atoms. The van der Waals surface area contributed by atoms with E-state index in [0.717, 1.165) is 30.7 Å². The van der Waals surface area contributed by atoms with Gasteiger partial charge in [-0.15, -0.1) is 0 Å². The summed E-state index contributed by atoms with van der Waals surface area (Å²) in [6.07, 6.45) is 5.25. The maximum atomic E-state index is 13.3. The fraction of sp³-hybridized carbons (Fsp3) is 0.294. The molecule has 0 bridgehead atoms. The summed E-state index contributed by atoms with van der Waals surface area (Å²) in [4.78, 5) is 7.13. The van der Waals surface area contributed by atoms with Crippen LogP contribution in [0.5, 0.6) is 0 Å². The number of ether oxygens (including phenoxy) is 1. The summed E-state index contributed by atoms with van der Waals surface area (Å²) in [5, 5.41) is 4.72. The second kappa shape index (κ2) is 6.57. The third-order valence-corrected chi connectivity index (χ3v) is 4.55. The summed E-state index contributed by atoms with van der Waals surface area (Å²) in [6, 6.07) is 4.23. The van der Waals surface area contributed by atoms with Crippen LogP contribution in [0, 0.1) is 11.6 Å². The van der Waals surface area contributed by atoms with Gasteiger partial charge in [0, 0.05) is 31.5 Å². The van der Waals surface area contributed by atoms with Crippen molar-refractivity contribution < 1.29 is 13.5 Å². The summed E-state index contributed by atoms with van der Waals surface area (Å²) >= 11 is 6.37. The highest BCUT2D eigenvalue weighted by molar-refractivity contribution is 6.50. The normalized spacial score (nSPS) is 16.7. The Morgan fingerprint density at radius 2 is 2.04 bits per heavy atom. The van der Waals surface area contributed by atoms with Crippen molar-refractivity contribution in [2.45, 2.75) is 18.9 Å². The Morgan fingerprint density at radius 1 is 1.28 bits per heavy atom. The van der Waals surface area contributed by atoms with Gasteiger partial charge in [-0.1, -0.05) is 11.6 Å². The van der Waals surface area contributed by atoms with E-state index in [9.17, 15) is 8.78 Å². The van der Waals surface area contributed by atoms with Crippen LogP contribution in [-0.2, 0) is 4.74 Å². The molecule has 1 fully saturated rings. The zero-order valence-electron chi connectivity index (χ0n) is 13.2. The monoisotopic (exact) mass is 364 g/mol.